The van der Waals surface area contributed by atoms with Crippen LogP contribution in [0.4, 0.5) is 10.5 Å². The molecule has 6 nitrogen and oxygen atoms in total. The number of urea groups is 1. The lowest BCUT2D eigenvalue weighted by atomic mass is 9.73. The van der Waals surface area contributed by atoms with E-state index in [0.717, 1.165) is 24.2 Å². The molecule has 1 aromatic rings. The lowest BCUT2D eigenvalue weighted by molar-refractivity contribution is -0.136. The average molecular weight is 355 g/mol. The van der Waals surface area contributed by atoms with Crippen molar-refractivity contribution in [1.82, 2.24) is 10.2 Å². The molecule has 1 aromatic carbocycles. The van der Waals surface area contributed by atoms with Gasteiger partial charge in [0.15, 0.2) is 0 Å². The summed E-state index contributed by atoms with van der Waals surface area (Å²) in [7, 11) is 0. The zero-order valence-corrected chi connectivity index (χ0v) is 15.1. The first-order valence-electron chi connectivity index (χ1n) is 9.10. The minimum Gasteiger partial charge on any atom is -0.323 e. The summed E-state index contributed by atoms with van der Waals surface area (Å²) >= 11 is 0. The van der Waals surface area contributed by atoms with E-state index in [2.05, 4.69) is 11.9 Å². The van der Waals surface area contributed by atoms with Gasteiger partial charge in [-0.2, -0.15) is 0 Å². The fraction of sp³-hybridized carbons (Fsp3) is 0.450. The van der Waals surface area contributed by atoms with E-state index >= 15 is 0 Å². The second-order valence-corrected chi connectivity index (χ2v) is 7.07. The Kier molecular flexibility index (Phi) is 5.11. The average Bonchev–Trinajstić information content (AvgIpc) is 2.88. The fourth-order valence-corrected chi connectivity index (χ4v) is 3.95. The first-order chi connectivity index (χ1) is 12.5. The molecule has 2 fully saturated rings. The predicted octanol–water partition coefficient (Wildman–Crippen LogP) is 2.71. The molecule has 0 aromatic heterocycles. The summed E-state index contributed by atoms with van der Waals surface area (Å²) in [5, 5.41) is 2.88. The van der Waals surface area contributed by atoms with E-state index in [0.29, 0.717) is 18.7 Å². The number of carbonyl (C=O) groups is 3. The van der Waals surface area contributed by atoms with Gasteiger partial charge in [0.25, 0.3) is 5.91 Å². The van der Waals surface area contributed by atoms with Crippen LogP contribution in [0.5, 0.6) is 0 Å². The molecular weight excluding hydrogens is 330 g/mol. The molecule has 1 heterocycles. The second-order valence-electron chi connectivity index (χ2n) is 7.07. The van der Waals surface area contributed by atoms with Crippen LogP contribution in [0.1, 0.15) is 32.6 Å². The van der Waals surface area contributed by atoms with Crippen LogP contribution in [0.25, 0.3) is 0 Å². The fourth-order valence-electron chi connectivity index (χ4n) is 3.95. The van der Waals surface area contributed by atoms with Crippen LogP contribution >= 0.6 is 0 Å². The number of benzene rings is 1. The van der Waals surface area contributed by atoms with Crippen molar-refractivity contribution in [2.45, 2.75) is 38.1 Å². The Labute approximate surface area is 153 Å². The van der Waals surface area contributed by atoms with E-state index in [1.165, 1.54) is 4.90 Å². The summed E-state index contributed by atoms with van der Waals surface area (Å²) in [4.78, 5) is 40.9. The highest BCUT2D eigenvalue weighted by Gasteiger charge is 2.55. The highest BCUT2D eigenvalue weighted by Crippen LogP contribution is 2.38. The molecule has 1 saturated carbocycles. The smallest absolute Gasteiger partial charge is 0.323 e. The third-order valence-corrected chi connectivity index (χ3v) is 5.48. The van der Waals surface area contributed by atoms with Crippen molar-refractivity contribution in [3.8, 4) is 0 Å². The first kappa shape index (κ1) is 18.2. The van der Waals surface area contributed by atoms with Gasteiger partial charge in [0.1, 0.15) is 12.1 Å². The Balaban J connectivity index is 1.79. The van der Waals surface area contributed by atoms with Gasteiger partial charge in [-0.1, -0.05) is 44.0 Å². The van der Waals surface area contributed by atoms with Crippen molar-refractivity contribution in [3.05, 3.63) is 43.0 Å². The standard InChI is InChI=1S/C20H25N3O3/c1-3-13-22(16-10-5-4-6-11-16)17(24)14-23-18(25)20(21-19(23)26)12-8-7-9-15(20)2/h3-6,10-11,15H,1,7-9,12-14H2,2H3,(H,21,26)/t15-,20-/m0/s1. The minimum absolute atomic E-state index is 0.0752. The highest BCUT2D eigenvalue weighted by molar-refractivity contribution is 6.10. The summed E-state index contributed by atoms with van der Waals surface area (Å²) in [5.41, 5.74) is -0.128. The van der Waals surface area contributed by atoms with Crippen molar-refractivity contribution in [2.24, 2.45) is 5.92 Å². The molecule has 1 N–H and O–H groups in total. The van der Waals surface area contributed by atoms with Gasteiger partial charge < -0.3 is 10.2 Å². The molecule has 0 radical (unpaired) electrons. The molecule has 4 amide bonds. The van der Waals surface area contributed by atoms with E-state index in [-0.39, 0.29) is 24.3 Å². The van der Waals surface area contributed by atoms with Crippen molar-refractivity contribution in [1.29, 1.82) is 0 Å². The van der Waals surface area contributed by atoms with Crippen LogP contribution in [0, 0.1) is 5.92 Å². The van der Waals surface area contributed by atoms with Gasteiger partial charge in [-0.05, 0) is 30.9 Å². The van der Waals surface area contributed by atoms with Crippen LogP contribution in [-0.2, 0) is 9.59 Å². The third-order valence-electron chi connectivity index (χ3n) is 5.48. The van der Waals surface area contributed by atoms with Crippen molar-refractivity contribution in [2.75, 3.05) is 18.0 Å². The second kappa shape index (κ2) is 7.32. The molecule has 1 saturated heterocycles. The topological polar surface area (TPSA) is 69.7 Å². The van der Waals surface area contributed by atoms with Gasteiger partial charge in [0.2, 0.25) is 5.91 Å². The Morgan fingerprint density at radius 1 is 1.35 bits per heavy atom. The summed E-state index contributed by atoms with van der Waals surface area (Å²) in [6.45, 7) is 5.74. The molecule has 6 heteroatoms. The van der Waals surface area contributed by atoms with E-state index in [1.54, 1.807) is 6.08 Å². The van der Waals surface area contributed by atoms with Gasteiger partial charge >= 0.3 is 6.03 Å². The van der Waals surface area contributed by atoms with Gasteiger partial charge in [0.05, 0.1) is 0 Å². The van der Waals surface area contributed by atoms with Crippen LogP contribution in [0.15, 0.2) is 43.0 Å². The van der Waals surface area contributed by atoms with Crippen molar-refractivity contribution < 1.29 is 14.4 Å². The van der Waals surface area contributed by atoms with Crippen molar-refractivity contribution in [3.63, 3.8) is 0 Å². The highest BCUT2D eigenvalue weighted by atomic mass is 16.2. The lowest BCUT2D eigenvalue weighted by Crippen LogP contribution is -2.54. The normalized spacial score (nSPS) is 25.3. The molecule has 26 heavy (non-hydrogen) atoms. The Hall–Kier alpha value is -2.63. The zero-order chi connectivity index (χ0) is 18.7. The lowest BCUT2D eigenvalue weighted by Gasteiger charge is -2.36. The maximum atomic E-state index is 13.0. The van der Waals surface area contributed by atoms with E-state index in [1.807, 2.05) is 37.3 Å². The number of rotatable bonds is 5. The third kappa shape index (κ3) is 3.11. The Morgan fingerprint density at radius 2 is 2.08 bits per heavy atom. The van der Waals surface area contributed by atoms with Gasteiger partial charge in [-0.3, -0.25) is 14.5 Å². The predicted molar refractivity (Wildman–Crippen MR) is 99.6 cm³/mol. The monoisotopic (exact) mass is 355 g/mol. The van der Waals surface area contributed by atoms with E-state index in [9.17, 15) is 14.4 Å². The zero-order valence-electron chi connectivity index (χ0n) is 15.1. The number of imide groups is 1. The maximum absolute atomic E-state index is 13.0. The van der Waals surface area contributed by atoms with Gasteiger partial charge in [-0.15, -0.1) is 6.58 Å². The number of para-hydroxylation sites is 1. The van der Waals surface area contributed by atoms with Crippen molar-refractivity contribution >= 4 is 23.5 Å². The molecule has 2 aliphatic rings. The molecule has 1 aliphatic heterocycles. The van der Waals surface area contributed by atoms with Gasteiger partial charge in [0, 0.05) is 12.2 Å². The summed E-state index contributed by atoms with van der Waals surface area (Å²) in [5.74, 6) is -0.499. The number of carbonyl (C=O) groups excluding carboxylic acids is 3. The summed E-state index contributed by atoms with van der Waals surface area (Å²) in [6.07, 6.45) is 5.14. The van der Waals surface area contributed by atoms with E-state index < -0.39 is 11.6 Å². The molecule has 1 aliphatic carbocycles. The minimum atomic E-state index is -0.842. The Morgan fingerprint density at radius 3 is 2.73 bits per heavy atom. The summed E-state index contributed by atoms with van der Waals surface area (Å²) in [6, 6.07) is 8.71. The molecule has 3 rings (SSSR count). The number of amides is 4. The molecular formula is C20H25N3O3. The molecule has 0 bridgehead atoms. The maximum Gasteiger partial charge on any atom is 0.325 e. The largest absolute Gasteiger partial charge is 0.325 e. The first-order valence-corrected chi connectivity index (χ1v) is 9.10. The number of nitrogens with zero attached hydrogens (tertiary/aromatic N) is 2. The molecule has 1 spiro atoms. The number of hydrogen-bond donors (Lipinski definition) is 1. The summed E-state index contributed by atoms with van der Waals surface area (Å²) < 4.78 is 0. The quantitative estimate of drug-likeness (QED) is 0.652. The van der Waals surface area contributed by atoms with Gasteiger partial charge in [-0.25, -0.2) is 4.79 Å². The van der Waals surface area contributed by atoms with E-state index in [4.69, 9.17) is 0 Å². The van der Waals surface area contributed by atoms with Crippen LogP contribution < -0.4 is 10.2 Å². The van der Waals surface area contributed by atoms with Crippen LogP contribution in [0.2, 0.25) is 0 Å². The Bertz CT molecular complexity index is 718. The molecule has 138 valence electrons. The number of nitrogens with one attached hydrogen (secondary N) is 1. The molecule has 2 atom stereocenters. The number of anilines is 1. The number of hydrogen-bond acceptors (Lipinski definition) is 3. The molecule has 0 unspecified atom stereocenters. The SMILES string of the molecule is C=CCN(C(=O)CN1C(=O)N[C@]2(CCCC[C@@H]2C)C1=O)c1ccccc1. The van der Waals surface area contributed by atoms with Crippen LogP contribution in [0.3, 0.4) is 0 Å². The van der Waals surface area contributed by atoms with Crippen LogP contribution in [-0.4, -0.2) is 41.4 Å².